The van der Waals surface area contributed by atoms with Crippen LogP contribution in [0.5, 0.6) is 0 Å². The summed E-state index contributed by atoms with van der Waals surface area (Å²) in [5.41, 5.74) is 1.07. The SMILES string of the molecule is CNCC(=O)[C@@H]1CNC[C@H]1c1ccc(Cl)c(Cl)c1. The quantitative estimate of drug-likeness (QED) is 0.891. The van der Waals surface area contributed by atoms with Crippen molar-refractivity contribution >= 4 is 29.0 Å². The third kappa shape index (κ3) is 2.86. The number of hydrogen-bond donors (Lipinski definition) is 2. The maximum Gasteiger partial charge on any atom is 0.151 e. The number of carbonyl (C=O) groups excluding carboxylic acids is 1. The van der Waals surface area contributed by atoms with Gasteiger partial charge in [-0.15, -0.1) is 0 Å². The fourth-order valence-corrected chi connectivity index (χ4v) is 2.72. The molecule has 2 atom stereocenters. The fraction of sp³-hybridized carbons (Fsp3) is 0.462. The van der Waals surface area contributed by atoms with Crippen molar-refractivity contribution in [1.82, 2.24) is 10.6 Å². The van der Waals surface area contributed by atoms with Gasteiger partial charge in [0.1, 0.15) is 0 Å². The highest BCUT2D eigenvalue weighted by Gasteiger charge is 2.33. The van der Waals surface area contributed by atoms with Crippen LogP contribution in [-0.2, 0) is 4.79 Å². The molecule has 0 bridgehead atoms. The van der Waals surface area contributed by atoms with Gasteiger partial charge in [-0.2, -0.15) is 0 Å². The van der Waals surface area contributed by atoms with Crippen LogP contribution in [0.4, 0.5) is 0 Å². The molecular formula is C13H16Cl2N2O. The number of rotatable bonds is 4. The van der Waals surface area contributed by atoms with E-state index in [-0.39, 0.29) is 17.6 Å². The van der Waals surface area contributed by atoms with Crippen LogP contribution in [0.15, 0.2) is 18.2 Å². The van der Waals surface area contributed by atoms with Crippen LogP contribution in [0.2, 0.25) is 10.0 Å². The second-order valence-corrected chi connectivity index (χ2v) is 5.36. The first-order valence-corrected chi connectivity index (χ1v) is 6.72. The second-order valence-electron chi connectivity index (χ2n) is 4.54. The highest BCUT2D eigenvalue weighted by atomic mass is 35.5. The lowest BCUT2D eigenvalue weighted by Gasteiger charge is -2.18. The van der Waals surface area contributed by atoms with Crippen LogP contribution < -0.4 is 10.6 Å². The largest absolute Gasteiger partial charge is 0.315 e. The number of ketones is 1. The molecule has 0 saturated carbocycles. The summed E-state index contributed by atoms with van der Waals surface area (Å²) in [5, 5.41) is 7.27. The first kappa shape index (κ1) is 13.8. The molecule has 1 aliphatic heterocycles. The van der Waals surface area contributed by atoms with Crippen molar-refractivity contribution in [3.8, 4) is 0 Å². The van der Waals surface area contributed by atoms with Gasteiger partial charge in [0.05, 0.1) is 16.6 Å². The van der Waals surface area contributed by atoms with E-state index in [0.717, 1.165) is 18.7 Å². The Kier molecular flexibility index (Phi) is 4.62. The Bertz CT molecular complexity index is 451. The Morgan fingerprint density at radius 1 is 1.39 bits per heavy atom. The van der Waals surface area contributed by atoms with Gasteiger partial charge < -0.3 is 10.6 Å². The maximum atomic E-state index is 12.0. The third-order valence-corrected chi connectivity index (χ3v) is 4.09. The standard InChI is InChI=1S/C13H16Cl2N2O/c1-16-7-13(18)10-6-17-5-9(10)8-2-3-11(14)12(15)4-8/h2-4,9-10,16-17H,5-7H2,1H3/t9-,10+/m0/s1. The van der Waals surface area contributed by atoms with Gasteiger partial charge in [0, 0.05) is 24.9 Å². The van der Waals surface area contributed by atoms with Gasteiger partial charge in [0.25, 0.3) is 0 Å². The minimum atomic E-state index is 0.00897. The van der Waals surface area contributed by atoms with Crippen molar-refractivity contribution in [3.63, 3.8) is 0 Å². The van der Waals surface area contributed by atoms with Gasteiger partial charge in [-0.05, 0) is 24.7 Å². The highest BCUT2D eigenvalue weighted by Crippen LogP contribution is 2.32. The average Bonchev–Trinajstić information content (AvgIpc) is 2.82. The third-order valence-electron chi connectivity index (χ3n) is 3.35. The predicted octanol–water partition coefficient (Wildman–Crippen LogP) is 2.08. The number of halogens is 2. The van der Waals surface area contributed by atoms with Crippen molar-refractivity contribution in [1.29, 1.82) is 0 Å². The van der Waals surface area contributed by atoms with Gasteiger partial charge in [0.2, 0.25) is 0 Å². The zero-order valence-corrected chi connectivity index (χ0v) is 11.7. The summed E-state index contributed by atoms with van der Waals surface area (Å²) in [6, 6.07) is 5.60. The molecular weight excluding hydrogens is 271 g/mol. The number of likely N-dealkylation sites (N-methyl/N-ethyl adjacent to an activating group) is 1. The lowest BCUT2D eigenvalue weighted by Crippen LogP contribution is -2.30. The van der Waals surface area contributed by atoms with Crippen molar-refractivity contribution in [2.75, 3.05) is 26.7 Å². The lowest BCUT2D eigenvalue weighted by atomic mass is 9.86. The van der Waals surface area contributed by atoms with Gasteiger partial charge >= 0.3 is 0 Å². The number of Topliss-reactive ketones (excluding diaryl/α,β-unsaturated/α-hetero) is 1. The Balaban J connectivity index is 2.20. The summed E-state index contributed by atoms with van der Waals surface area (Å²) in [5.74, 6) is 0.425. The molecule has 0 aromatic heterocycles. The van der Waals surface area contributed by atoms with Gasteiger partial charge in [-0.1, -0.05) is 29.3 Å². The van der Waals surface area contributed by atoms with Gasteiger partial charge in [-0.3, -0.25) is 4.79 Å². The first-order chi connectivity index (χ1) is 8.63. The van der Waals surface area contributed by atoms with E-state index in [4.69, 9.17) is 23.2 Å². The molecule has 1 saturated heterocycles. The van der Waals surface area contributed by atoms with Crippen molar-refractivity contribution < 1.29 is 4.79 Å². The van der Waals surface area contributed by atoms with E-state index in [2.05, 4.69) is 10.6 Å². The minimum absolute atomic E-state index is 0.00897. The van der Waals surface area contributed by atoms with E-state index in [1.807, 2.05) is 12.1 Å². The van der Waals surface area contributed by atoms with Crippen molar-refractivity contribution in [3.05, 3.63) is 33.8 Å². The van der Waals surface area contributed by atoms with Crippen LogP contribution >= 0.6 is 23.2 Å². The molecule has 1 aliphatic rings. The smallest absolute Gasteiger partial charge is 0.151 e. The molecule has 1 aromatic carbocycles. The number of benzene rings is 1. The van der Waals surface area contributed by atoms with Crippen LogP contribution in [0.1, 0.15) is 11.5 Å². The molecule has 18 heavy (non-hydrogen) atoms. The zero-order valence-electron chi connectivity index (χ0n) is 10.2. The molecule has 5 heteroatoms. The molecule has 1 fully saturated rings. The van der Waals surface area contributed by atoms with Gasteiger partial charge in [0.15, 0.2) is 5.78 Å². The Labute approximate surface area is 117 Å². The van der Waals surface area contributed by atoms with E-state index < -0.39 is 0 Å². The van der Waals surface area contributed by atoms with Crippen molar-refractivity contribution in [2.45, 2.75) is 5.92 Å². The summed E-state index contributed by atoms with van der Waals surface area (Å²) < 4.78 is 0. The predicted molar refractivity (Wildman–Crippen MR) is 74.5 cm³/mol. The molecule has 2 rings (SSSR count). The number of hydrogen-bond acceptors (Lipinski definition) is 3. The highest BCUT2D eigenvalue weighted by molar-refractivity contribution is 6.42. The van der Waals surface area contributed by atoms with E-state index in [1.165, 1.54) is 0 Å². The molecule has 1 aromatic rings. The molecule has 0 radical (unpaired) electrons. The summed E-state index contributed by atoms with van der Waals surface area (Å²) in [7, 11) is 1.79. The molecule has 0 spiro atoms. The molecule has 0 unspecified atom stereocenters. The number of carbonyl (C=O) groups is 1. The maximum absolute atomic E-state index is 12.0. The van der Waals surface area contributed by atoms with E-state index in [9.17, 15) is 4.79 Å². The summed E-state index contributed by atoms with van der Waals surface area (Å²) in [6.45, 7) is 1.94. The summed E-state index contributed by atoms with van der Waals surface area (Å²) in [4.78, 5) is 12.0. The normalized spacial score (nSPS) is 23.3. The van der Waals surface area contributed by atoms with Crippen LogP contribution in [0.3, 0.4) is 0 Å². The second kappa shape index (κ2) is 6.02. The Hall–Kier alpha value is -0.610. The number of nitrogens with one attached hydrogen (secondary N) is 2. The Morgan fingerprint density at radius 2 is 2.17 bits per heavy atom. The van der Waals surface area contributed by atoms with Crippen LogP contribution in [0.25, 0.3) is 0 Å². The topological polar surface area (TPSA) is 41.1 Å². The van der Waals surface area contributed by atoms with Crippen LogP contribution in [-0.4, -0.2) is 32.5 Å². The lowest BCUT2D eigenvalue weighted by molar-refractivity contribution is -0.121. The van der Waals surface area contributed by atoms with E-state index in [0.29, 0.717) is 16.6 Å². The van der Waals surface area contributed by atoms with Crippen LogP contribution in [0, 0.1) is 5.92 Å². The molecule has 1 heterocycles. The average molecular weight is 287 g/mol. The monoisotopic (exact) mass is 286 g/mol. The minimum Gasteiger partial charge on any atom is -0.315 e. The first-order valence-electron chi connectivity index (χ1n) is 5.96. The molecule has 0 amide bonds. The molecule has 98 valence electrons. The van der Waals surface area contributed by atoms with E-state index in [1.54, 1.807) is 13.1 Å². The van der Waals surface area contributed by atoms with Gasteiger partial charge in [-0.25, -0.2) is 0 Å². The summed E-state index contributed by atoms with van der Waals surface area (Å²) >= 11 is 11.9. The van der Waals surface area contributed by atoms with Crippen molar-refractivity contribution in [2.24, 2.45) is 5.92 Å². The molecule has 2 N–H and O–H groups in total. The molecule has 0 aliphatic carbocycles. The molecule has 3 nitrogen and oxygen atoms in total. The van der Waals surface area contributed by atoms with E-state index >= 15 is 0 Å². The summed E-state index contributed by atoms with van der Waals surface area (Å²) in [6.07, 6.45) is 0. The Morgan fingerprint density at radius 3 is 2.83 bits per heavy atom. The zero-order chi connectivity index (χ0) is 13.1. The fourth-order valence-electron chi connectivity index (χ4n) is 2.42.